The van der Waals surface area contributed by atoms with Crippen molar-refractivity contribution in [3.8, 4) is 0 Å². The molecule has 0 spiro atoms. The van der Waals surface area contributed by atoms with Gasteiger partial charge < -0.3 is 19.9 Å². The van der Waals surface area contributed by atoms with Gasteiger partial charge in [-0.1, -0.05) is 6.58 Å². The lowest BCUT2D eigenvalue weighted by atomic mass is 10.6. The van der Waals surface area contributed by atoms with E-state index in [0.29, 0.717) is 26.4 Å². The van der Waals surface area contributed by atoms with Crippen molar-refractivity contribution in [2.75, 3.05) is 39.6 Å². The smallest absolute Gasteiger partial charge is 0.0701 e. The van der Waals surface area contributed by atoms with Crippen molar-refractivity contribution in [2.24, 2.45) is 0 Å². The molecule has 0 rings (SSSR count). The molecule has 0 aliphatic heterocycles. The summed E-state index contributed by atoms with van der Waals surface area (Å²) in [6.45, 7) is 6.47. The monoisotopic (exact) mass is 175 g/mol. The molecule has 0 heterocycles. The molecule has 0 saturated heterocycles. The van der Waals surface area contributed by atoms with Crippen LogP contribution in [0.2, 0.25) is 0 Å². The number of aliphatic hydroxyl groups excluding tert-OH is 1. The van der Waals surface area contributed by atoms with Crippen LogP contribution in [0.1, 0.15) is 0 Å². The number of hydrogen-bond acceptors (Lipinski definition) is 4. The maximum absolute atomic E-state index is 8.35. The van der Waals surface area contributed by atoms with Gasteiger partial charge in [0.2, 0.25) is 0 Å². The molecule has 0 aromatic rings. The summed E-state index contributed by atoms with van der Waals surface area (Å²) in [5.74, 6) is 0. The molecule has 0 aliphatic rings. The molecule has 2 N–H and O–H groups in total. The number of hydrogen-bond donors (Lipinski definition) is 2. The molecule has 0 saturated carbocycles. The first-order valence-corrected chi connectivity index (χ1v) is 4.02. The van der Waals surface area contributed by atoms with E-state index in [2.05, 4.69) is 11.9 Å². The van der Waals surface area contributed by atoms with Crippen LogP contribution in [-0.4, -0.2) is 44.7 Å². The maximum Gasteiger partial charge on any atom is 0.0701 e. The predicted octanol–water partition coefficient (Wildman–Crippen LogP) is -0.255. The van der Waals surface area contributed by atoms with Crippen LogP contribution in [-0.2, 0) is 9.47 Å². The van der Waals surface area contributed by atoms with Gasteiger partial charge in [0.1, 0.15) is 0 Å². The Bertz CT molecular complexity index is 98.3. The van der Waals surface area contributed by atoms with E-state index in [-0.39, 0.29) is 6.61 Å². The van der Waals surface area contributed by atoms with Crippen molar-refractivity contribution < 1.29 is 14.6 Å². The van der Waals surface area contributed by atoms with E-state index in [1.54, 1.807) is 6.20 Å². The highest BCUT2D eigenvalue weighted by Crippen LogP contribution is 1.77. The molecule has 0 atom stereocenters. The molecule has 0 unspecified atom stereocenters. The van der Waals surface area contributed by atoms with E-state index in [4.69, 9.17) is 14.6 Å². The van der Waals surface area contributed by atoms with E-state index in [1.165, 1.54) is 0 Å². The first-order valence-electron chi connectivity index (χ1n) is 4.02. The summed E-state index contributed by atoms with van der Waals surface area (Å²) in [6, 6.07) is 0. The van der Waals surface area contributed by atoms with Crippen LogP contribution in [0.3, 0.4) is 0 Å². The van der Waals surface area contributed by atoms with Crippen LogP contribution in [0.4, 0.5) is 0 Å². The zero-order chi connectivity index (χ0) is 9.07. The first kappa shape index (κ1) is 11.4. The Balaban J connectivity index is 2.77. The van der Waals surface area contributed by atoms with Crippen LogP contribution in [0.25, 0.3) is 0 Å². The summed E-state index contributed by atoms with van der Waals surface area (Å²) >= 11 is 0. The van der Waals surface area contributed by atoms with Crippen LogP contribution >= 0.6 is 0 Å². The summed E-state index contributed by atoms with van der Waals surface area (Å²) in [5.41, 5.74) is 0. The van der Waals surface area contributed by atoms with E-state index < -0.39 is 0 Å². The molecule has 4 nitrogen and oxygen atoms in total. The Kier molecular flexibility index (Phi) is 9.92. The fourth-order valence-corrected chi connectivity index (χ4v) is 0.620. The highest BCUT2D eigenvalue weighted by Gasteiger charge is 1.87. The third kappa shape index (κ3) is 9.42. The molecule has 72 valence electrons. The Morgan fingerprint density at radius 3 is 2.42 bits per heavy atom. The molecule has 0 amide bonds. The minimum absolute atomic E-state index is 0.0675. The van der Waals surface area contributed by atoms with Crippen molar-refractivity contribution in [2.45, 2.75) is 0 Å². The van der Waals surface area contributed by atoms with Crippen LogP contribution in [0, 0.1) is 0 Å². The van der Waals surface area contributed by atoms with E-state index in [9.17, 15) is 0 Å². The van der Waals surface area contributed by atoms with Gasteiger partial charge in [-0.3, -0.25) is 0 Å². The standard InChI is InChI=1S/C8H17NO3/c1-2-9-3-5-11-7-8-12-6-4-10/h2,9-10H,1,3-8H2. The molecule has 0 aromatic carbocycles. The molecular weight excluding hydrogens is 158 g/mol. The number of rotatable bonds is 9. The van der Waals surface area contributed by atoms with Crippen molar-refractivity contribution in [3.05, 3.63) is 12.8 Å². The van der Waals surface area contributed by atoms with Gasteiger partial charge in [0.25, 0.3) is 0 Å². The summed E-state index contributed by atoms with van der Waals surface area (Å²) in [7, 11) is 0. The summed E-state index contributed by atoms with van der Waals surface area (Å²) < 4.78 is 10.1. The van der Waals surface area contributed by atoms with Crippen molar-refractivity contribution in [3.63, 3.8) is 0 Å². The third-order valence-electron chi connectivity index (χ3n) is 1.14. The lowest BCUT2D eigenvalue weighted by Crippen LogP contribution is -2.15. The average molecular weight is 175 g/mol. The second kappa shape index (κ2) is 10.4. The quantitative estimate of drug-likeness (QED) is 0.474. The number of nitrogens with one attached hydrogen (secondary N) is 1. The van der Waals surface area contributed by atoms with Crippen LogP contribution in [0.15, 0.2) is 12.8 Å². The van der Waals surface area contributed by atoms with Gasteiger partial charge in [-0.15, -0.1) is 0 Å². The van der Waals surface area contributed by atoms with Gasteiger partial charge in [0.15, 0.2) is 0 Å². The molecule has 0 bridgehead atoms. The molecule has 0 aromatic heterocycles. The average Bonchev–Trinajstić information content (AvgIpc) is 2.10. The Hall–Kier alpha value is -0.580. The van der Waals surface area contributed by atoms with E-state index in [1.807, 2.05) is 0 Å². The largest absolute Gasteiger partial charge is 0.394 e. The van der Waals surface area contributed by atoms with Crippen molar-refractivity contribution in [1.82, 2.24) is 5.32 Å². The SMILES string of the molecule is C=CNCCOCCOCCO. The summed E-state index contributed by atoms with van der Waals surface area (Å²) in [5, 5.41) is 11.3. The van der Waals surface area contributed by atoms with Gasteiger partial charge in [0.05, 0.1) is 33.0 Å². The Labute approximate surface area is 73.2 Å². The third-order valence-corrected chi connectivity index (χ3v) is 1.14. The zero-order valence-corrected chi connectivity index (χ0v) is 7.29. The normalized spacial score (nSPS) is 9.75. The minimum atomic E-state index is 0.0675. The topological polar surface area (TPSA) is 50.7 Å². The number of ether oxygens (including phenoxy) is 2. The number of aliphatic hydroxyl groups is 1. The lowest BCUT2D eigenvalue weighted by molar-refractivity contribution is 0.0345. The zero-order valence-electron chi connectivity index (χ0n) is 7.29. The second-order valence-corrected chi connectivity index (χ2v) is 2.11. The van der Waals surface area contributed by atoms with Crippen molar-refractivity contribution in [1.29, 1.82) is 0 Å². The van der Waals surface area contributed by atoms with Gasteiger partial charge in [-0.2, -0.15) is 0 Å². The fraction of sp³-hybridized carbons (Fsp3) is 0.750. The predicted molar refractivity (Wildman–Crippen MR) is 46.9 cm³/mol. The molecule has 0 radical (unpaired) electrons. The fourth-order valence-electron chi connectivity index (χ4n) is 0.620. The Morgan fingerprint density at radius 2 is 1.83 bits per heavy atom. The second-order valence-electron chi connectivity index (χ2n) is 2.11. The molecule has 0 fully saturated rings. The lowest BCUT2D eigenvalue weighted by Gasteiger charge is -2.04. The molecule has 4 heteroatoms. The highest BCUT2D eigenvalue weighted by molar-refractivity contribution is 4.61. The highest BCUT2D eigenvalue weighted by atomic mass is 16.5. The minimum Gasteiger partial charge on any atom is -0.394 e. The summed E-state index contributed by atoms with van der Waals surface area (Å²) in [4.78, 5) is 0. The van der Waals surface area contributed by atoms with Gasteiger partial charge in [0, 0.05) is 6.54 Å². The molecule has 0 aliphatic carbocycles. The van der Waals surface area contributed by atoms with Gasteiger partial charge >= 0.3 is 0 Å². The van der Waals surface area contributed by atoms with E-state index in [0.717, 1.165) is 6.54 Å². The molecule has 12 heavy (non-hydrogen) atoms. The van der Waals surface area contributed by atoms with Gasteiger partial charge in [-0.05, 0) is 6.20 Å². The van der Waals surface area contributed by atoms with Gasteiger partial charge in [-0.25, -0.2) is 0 Å². The van der Waals surface area contributed by atoms with Crippen molar-refractivity contribution >= 4 is 0 Å². The summed E-state index contributed by atoms with van der Waals surface area (Å²) in [6.07, 6.45) is 1.63. The van der Waals surface area contributed by atoms with Crippen LogP contribution < -0.4 is 5.32 Å². The first-order chi connectivity index (χ1) is 5.91. The molecular formula is C8H17NO3. The van der Waals surface area contributed by atoms with E-state index >= 15 is 0 Å². The maximum atomic E-state index is 8.35. The van der Waals surface area contributed by atoms with Crippen LogP contribution in [0.5, 0.6) is 0 Å². The Morgan fingerprint density at radius 1 is 1.17 bits per heavy atom.